The van der Waals surface area contributed by atoms with Crippen molar-refractivity contribution in [3.63, 3.8) is 0 Å². The Morgan fingerprint density at radius 3 is 2.69 bits per heavy atom. The van der Waals surface area contributed by atoms with Crippen LogP contribution in [0.1, 0.15) is 52.2 Å². The average molecular weight is 448 g/mol. The molecule has 2 atom stereocenters. The largest absolute Gasteiger partial charge is 0.329 e. The molecule has 2 aromatic carbocycles. The van der Waals surface area contributed by atoms with Crippen molar-refractivity contribution >= 4 is 28.8 Å². The van der Waals surface area contributed by atoms with Gasteiger partial charge in [0.05, 0.1) is 17.5 Å². The molecule has 1 N–H and O–H groups in total. The summed E-state index contributed by atoms with van der Waals surface area (Å²) in [7, 11) is 0. The number of amides is 2. The molecule has 4 rings (SSSR count). The number of hydrogen-bond donors (Lipinski definition) is 1. The van der Waals surface area contributed by atoms with Gasteiger partial charge in [0.2, 0.25) is 5.91 Å². The monoisotopic (exact) mass is 447 g/mol. The number of carbonyl (C=O) groups excluding carboxylic acids is 2. The van der Waals surface area contributed by atoms with Crippen molar-refractivity contribution in [1.29, 1.82) is 5.26 Å². The van der Waals surface area contributed by atoms with Gasteiger partial charge in [0.1, 0.15) is 11.9 Å². The number of nitrogens with zero attached hydrogens (tertiary/aromatic N) is 2. The van der Waals surface area contributed by atoms with Gasteiger partial charge in [-0.3, -0.25) is 9.59 Å². The van der Waals surface area contributed by atoms with Gasteiger partial charge >= 0.3 is 0 Å². The van der Waals surface area contributed by atoms with E-state index in [0.717, 1.165) is 10.9 Å². The minimum atomic E-state index is -0.656. The summed E-state index contributed by atoms with van der Waals surface area (Å²) < 4.78 is 13.7. The first-order chi connectivity index (χ1) is 15.4. The fourth-order valence-electron chi connectivity index (χ4n) is 4.15. The molecule has 1 aliphatic rings. The lowest BCUT2D eigenvalue weighted by atomic mass is 9.81. The van der Waals surface area contributed by atoms with E-state index in [-0.39, 0.29) is 23.3 Å². The third kappa shape index (κ3) is 4.02. The van der Waals surface area contributed by atoms with Crippen molar-refractivity contribution in [3.05, 3.63) is 87.4 Å². The van der Waals surface area contributed by atoms with Crippen molar-refractivity contribution in [2.45, 2.75) is 25.8 Å². The summed E-state index contributed by atoms with van der Waals surface area (Å²) >= 11 is 1.51. The molecule has 0 saturated heterocycles. The summed E-state index contributed by atoms with van der Waals surface area (Å²) in [5.74, 6) is -1.49. The number of nitrogens with one attached hydrogen (secondary N) is 1. The first-order valence-corrected chi connectivity index (χ1v) is 11.2. The highest BCUT2D eigenvalue weighted by molar-refractivity contribution is 7.10. The molecule has 1 aromatic heterocycles. The first-order valence-electron chi connectivity index (χ1n) is 10.3. The van der Waals surface area contributed by atoms with Gasteiger partial charge in [0.15, 0.2) is 0 Å². The summed E-state index contributed by atoms with van der Waals surface area (Å²) in [4.78, 5) is 29.8. The lowest BCUT2D eigenvalue weighted by molar-refractivity contribution is -0.119. The fourth-order valence-corrected chi connectivity index (χ4v) is 5.03. The number of fused-ring (bicyclic) bond motifs is 1. The van der Waals surface area contributed by atoms with Gasteiger partial charge in [0.25, 0.3) is 5.91 Å². The maximum atomic E-state index is 13.7. The van der Waals surface area contributed by atoms with E-state index in [4.69, 9.17) is 5.26 Å². The molecule has 0 bridgehead atoms. The van der Waals surface area contributed by atoms with Crippen molar-refractivity contribution < 1.29 is 14.0 Å². The molecule has 162 valence electrons. The van der Waals surface area contributed by atoms with Crippen molar-refractivity contribution in [3.8, 4) is 6.07 Å². The second-order valence-electron chi connectivity index (χ2n) is 8.17. The van der Waals surface area contributed by atoms with Crippen LogP contribution in [0.2, 0.25) is 0 Å². The van der Waals surface area contributed by atoms with Crippen molar-refractivity contribution in [2.75, 3.05) is 11.9 Å². The van der Waals surface area contributed by atoms with E-state index in [2.05, 4.69) is 5.32 Å². The molecule has 5 nitrogen and oxygen atoms in total. The Morgan fingerprint density at radius 2 is 2.00 bits per heavy atom. The molecule has 0 spiro atoms. The summed E-state index contributed by atoms with van der Waals surface area (Å²) in [6.07, 6.45) is 0. The minimum Gasteiger partial charge on any atom is -0.329 e. The third-order valence-corrected chi connectivity index (χ3v) is 6.41. The predicted octanol–water partition coefficient (Wildman–Crippen LogP) is 5.33. The van der Waals surface area contributed by atoms with Crippen LogP contribution in [0.25, 0.3) is 0 Å². The zero-order chi connectivity index (χ0) is 22.8. The second kappa shape index (κ2) is 8.93. The van der Waals surface area contributed by atoms with Crippen LogP contribution in [0.5, 0.6) is 0 Å². The molecule has 3 aromatic rings. The number of carbonyl (C=O) groups is 2. The number of hydrogen-bond acceptors (Lipinski definition) is 4. The Labute approximate surface area is 190 Å². The van der Waals surface area contributed by atoms with Crippen LogP contribution >= 0.6 is 11.3 Å². The molecule has 2 heterocycles. The second-order valence-corrected chi connectivity index (χ2v) is 9.15. The Hall–Kier alpha value is -3.50. The quantitative estimate of drug-likeness (QED) is 0.574. The summed E-state index contributed by atoms with van der Waals surface area (Å²) in [5.41, 5.74) is 1.37. The van der Waals surface area contributed by atoms with E-state index < -0.39 is 17.8 Å². The van der Waals surface area contributed by atoms with Gasteiger partial charge in [-0.2, -0.15) is 5.26 Å². The van der Waals surface area contributed by atoms with E-state index in [0.29, 0.717) is 23.4 Å². The van der Waals surface area contributed by atoms with E-state index in [1.165, 1.54) is 23.5 Å². The third-order valence-electron chi connectivity index (χ3n) is 5.47. The van der Waals surface area contributed by atoms with Crippen LogP contribution < -0.4 is 5.32 Å². The Bertz CT molecular complexity index is 1200. The lowest BCUT2D eigenvalue weighted by Crippen LogP contribution is -2.47. The van der Waals surface area contributed by atoms with E-state index in [1.54, 1.807) is 23.1 Å². The van der Waals surface area contributed by atoms with Crippen LogP contribution in [0.4, 0.5) is 10.1 Å². The van der Waals surface area contributed by atoms with Gasteiger partial charge < -0.3 is 10.2 Å². The summed E-state index contributed by atoms with van der Waals surface area (Å²) in [5, 5.41) is 13.9. The SMILES string of the molecule is CC(C)CN1C(=O)c2ccccc2[C@H](C(=O)Nc2ccc(F)c(C#N)c2)[C@H]1c1cccs1. The number of rotatable bonds is 5. The van der Waals surface area contributed by atoms with Crippen LogP contribution in [0, 0.1) is 23.1 Å². The summed E-state index contributed by atoms with van der Waals surface area (Å²) in [6, 6.07) is 16.3. The van der Waals surface area contributed by atoms with E-state index >= 15 is 0 Å². The van der Waals surface area contributed by atoms with Crippen LogP contribution in [0.3, 0.4) is 0 Å². The molecular weight excluding hydrogens is 425 g/mol. The van der Waals surface area contributed by atoms with Gasteiger partial charge in [-0.15, -0.1) is 11.3 Å². The fraction of sp³-hybridized carbons (Fsp3) is 0.240. The van der Waals surface area contributed by atoms with E-state index in [1.807, 2.05) is 43.5 Å². The molecule has 2 amide bonds. The zero-order valence-electron chi connectivity index (χ0n) is 17.7. The number of benzene rings is 2. The highest BCUT2D eigenvalue weighted by Gasteiger charge is 2.44. The number of halogens is 1. The lowest BCUT2D eigenvalue weighted by Gasteiger charge is -2.42. The molecular formula is C25H22FN3O2S. The molecule has 0 aliphatic carbocycles. The smallest absolute Gasteiger partial charge is 0.254 e. The Morgan fingerprint density at radius 1 is 1.22 bits per heavy atom. The molecule has 0 saturated carbocycles. The van der Waals surface area contributed by atoms with Gasteiger partial charge in [-0.05, 0) is 47.2 Å². The zero-order valence-corrected chi connectivity index (χ0v) is 18.5. The first kappa shape index (κ1) is 21.7. The van der Waals surface area contributed by atoms with Crippen molar-refractivity contribution in [2.24, 2.45) is 5.92 Å². The van der Waals surface area contributed by atoms with Gasteiger partial charge in [-0.25, -0.2) is 4.39 Å². The van der Waals surface area contributed by atoms with Crippen LogP contribution in [-0.2, 0) is 4.79 Å². The molecule has 32 heavy (non-hydrogen) atoms. The number of thiophene rings is 1. The molecule has 0 radical (unpaired) electrons. The maximum absolute atomic E-state index is 13.7. The predicted molar refractivity (Wildman–Crippen MR) is 122 cm³/mol. The highest BCUT2D eigenvalue weighted by atomic mass is 32.1. The Balaban J connectivity index is 1.81. The summed E-state index contributed by atoms with van der Waals surface area (Å²) in [6.45, 7) is 4.58. The highest BCUT2D eigenvalue weighted by Crippen LogP contribution is 2.45. The van der Waals surface area contributed by atoms with Crippen LogP contribution in [0.15, 0.2) is 60.0 Å². The number of anilines is 1. The van der Waals surface area contributed by atoms with Crippen LogP contribution in [-0.4, -0.2) is 23.3 Å². The topological polar surface area (TPSA) is 73.2 Å². The molecule has 0 unspecified atom stereocenters. The maximum Gasteiger partial charge on any atom is 0.254 e. The van der Waals surface area contributed by atoms with Gasteiger partial charge in [-0.1, -0.05) is 38.1 Å². The standard InChI is InChI=1S/C25H22FN3O2S/c1-15(2)14-29-23(21-8-5-11-32-21)22(18-6-3-4-7-19(18)25(29)31)24(30)28-17-9-10-20(26)16(12-17)13-27/h3-12,15,22-23H,14H2,1-2H3,(H,28,30)/t22-,23+/m0/s1. The van der Waals surface area contributed by atoms with Crippen molar-refractivity contribution in [1.82, 2.24) is 4.90 Å². The minimum absolute atomic E-state index is 0.0923. The number of nitriles is 1. The molecule has 7 heteroatoms. The molecule has 1 aliphatic heterocycles. The van der Waals surface area contributed by atoms with E-state index in [9.17, 15) is 14.0 Å². The normalized spacial score (nSPS) is 17.7. The van der Waals surface area contributed by atoms with Gasteiger partial charge in [0, 0.05) is 22.7 Å². The Kier molecular flexibility index (Phi) is 6.06. The average Bonchev–Trinajstić information content (AvgIpc) is 3.31. The molecule has 0 fully saturated rings.